The summed E-state index contributed by atoms with van der Waals surface area (Å²) in [5, 5.41) is 12.2. The Morgan fingerprint density at radius 3 is 2.72 bits per heavy atom. The Morgan fingerprint density at radius 2 is 2.00 bits per heavy atom. The summed E-state index contributed by atoms with van der Waals surface area (Å²) in [5.41, 5.74) is 3.62. The number of nitriles is 1. The molecule has 2 aromatic rings. The van der Waals surface area contributed by atoms with Gasteiger partial charge in [0.1, 0.15) is 5.82 Å². The minimum absolute atomic E-state index is 0.619. The van der Waals surface area contributed by atoms with Gasteiger partial charge < -0.3 is 5.32 Å². The van der Waals surface area contributed by atoms with E-state index in [1.54, 1.807) is 12.1 Å². The summed E-state index contributed by atoms with van der Waals surface area (Å²) < 4.78 is 1.16. The number of aromatic nitrogens is 1. The standard InChI is InChI=1S/C14H12IN3/c1-9-3-4-12(15)7-13(9)18-14-6-11(8-16)5-10(2)17-14/h3-7H,1-2H3,(H,17,18). The van der Waals surface area contributed by atoms with Crippen molar-refractivity contribution in [1.29, 1.82) is 5.26 Å². The number of hydrogen-bond acceptors (Lipinski definition) is 3. The van der Waals surface area contributed by atoms with E-state index in [4.69, 9.17) is 5.26 Å². The molecule has 0 saturated carbocycles. The van der Waals surface area contributed by atoms with E-state index >= 15 is 0 Å². The Hall–Kier alpha value is -1.61. The SMILES string of the molecule is Cc1cc(C#N)cc(Nc2cc(I)ccc2C)n1. The molecule has 0 spiro atoms. The highest BCUT2D eigenvalue weighted by atomic mass is 127. The van der Waals surface area contributed by atoms with E-state index in [0.717, 1.165) is 20.5 Å². The summed E-state index contributed by atoms with van der Waals surface area (Å²) in [7, 11) is 0. The molecule has 18 heavy (non-hydrogen) atoms. The van der Waals surface area contributed by atoms with Crippen LogP contribution in [-0.4, -0.2) is 4.98 Å². The lowest BCUT2D eigenvalue weighted by Gasteiger charge is -2.10. The molecular formula is C14H12IN3. The van der Waals surface area contributed by atoms with Gasteiger partial charge in [0.15, 0.2) is 0 Å². The maximum atomic E-state index is 8.94. The number of rotatable bonds is 2. The van der Waals surface area contributed by atoms with Gasteiger partial charge in [0.2, 0.25) is 0 Å². The highest BCUT2D eigenvalue weighted by Crippen LogP contribution is 2.22. The molecule has 0 fully saturated rings. The van der Waals surface area contributed by atoms with E-state index in [1.807, 2.05) is 13.8 Å². The summed E-state index contributed by atoms with van der Waals surface area (Å²) in [6, 6.07) is 11.8. The lowest BCUT2D eigenvalue weighted by molar-refractivity contribution is 1.19. The first kappa shape index (κ1) is 12.8. The Kier molecular flexibility index (Phi) is 3.82. The third-order valence-corrected chi connectivity index (χ3v) is 3.22. The number of pyridine rings is 1. The van der Waals surface area contributed by atoms with Crippen LogP contribution in [0, 0.1) is 28.7 Å². The fraction of sp³-hybridized carbons (Fsp3) is 0.143. The van der Waals surface area contributed by atoms with Crippen LogP contribution in [0.5, 0.6) is 0 Å². The van der Waals surface area contributed by atoms with Crippen LogP contribution in [0.15, 0.2) is 30.3 Å². The molecule has 0 amide bonds. The number of halogens is 1. The molecule has 2 rings (SSSR count). The van der Waals surface area contributed by atoms with Crippen LogP contribution in [0.1, 0.15) is 16.8 Å². The van der Waals surface area contributed by atoms with Crippen molar-refractivity contribution in [2.75, 3.05) is 5.32 Å². The van der Waals surface area contributed by atoms with Crippen LogP contribution in [0.2, 0.25) is 0 Å². The van der Waals surface area contributed by atoms with Gasteiger partial charge in [-0.15, -0.1) is 0 Å². The number of benzene rings is 1. The van der Waals surface area contributed by atoms with Crippen molar-refractivity contribution in [3.05, 3.63) is 50.7 Å². The number of nitrogens with zero attached hydrogens (tertiary/aromatic N) is 2. The predicted octanol–water partition coefficient (Wildman–Crippen LogP) is 3.92. The van der Waals surface area contributed by atoms with E-state index < -0.39 is 0 Å². The van der Waals surface area contributed by atoms with E-state index in [9.17, 15) is 0 Å². The molecule has 0 unspecified atom stereocenters. The molecular weight excluding hydrogens is 337 g/mol. The largest absolute Gasteiger partial charge is 0.340 e. The topological polar surface area (TPSA) is 48.7 Å². The van der Waals surface area contributed by atoms with E-state index in [0.29, 0.717) is 11.4 Å². The molecule has 0 bridgehead atoms. The van der Waals surface area contributed by atoms with Crippen LogP contribution in [0.25, 0.3) is 0 Å². The third-order valence-electron chi connectivity index (χ3n) is 2.54. The molecule has 90 valence electrons. The van der Waals surface area contributed by atoms with Gasteiger partial charge in [0, 0.05) is 15.0 Å². The minimum Gasteiger partial charge on any atom is -0.340 e. The predicted molar refractivity (Wildman–Crippen MR) is 80.9 cm³/mol. The molecule has 0 aliphatic heterocycles. The van der Waals surface area contributed by atoms with Crippen LogP contribution in [0.3, 0.4) is 0 Å². The monoisotopic (exact) mass is 349 g/mol. The molecule has 4 heteroatoms. The summed E-state index contributed by atoms with van der Waals surface area (Å²) in [4.78, 5) is 4.38. The molecule has 1 aromatic carbocycles. The maximum absolute atomic E-state index is 8.94. The van der Waals surface area contributed by atoms with Crippen LogP contribution < -0.4 is 5.32 Å². The van der Waals surface area contributed by atoms with E-state index in [-0.39, 0.29) is 0 Å². The van der Waals surface area contributed by atoms with Crippen molar-refractivity contribution in [2.45, 2.75) is 13.8 Å². The number of hydrogen-bond donors (Lipinski definition) is 1. The lowest BCUT2D eigenvalue weighted by atomic mass is 10.2. The van der Waals surface area contributed by atoms with Gasteiger partial charge in [-0.3, -0.25) is 0 Å². The van der Waals surface area contributed by atoms with Gasteiger partial charge in [-0.05, 0) is 66.3 Å². The maximum Gasteiger partial charge on any atom is 0.131 e. The van der Waals surface area contributed by atoms with E-state index in [2.05, 4.69) is 57.2 Å². The van der Waals surface area contributed by atoms with Gasteiger partial charge >= 0.3 is 0 Å². The van der Waals surface area contributed by atoms with Crippen molar-refractivity contribution in [3.63, 3.8) is 0 Å². The second-order valence-electron chi connectivity index (χ2n) is 4.08. The van der Waals surface area contributed by atoms with E-state index in [1.165, 1.54) is 0 Å². The first-order valence-corrected chi connectivity index (χ1v) is 6.58. The zero-order valence-electron chi connectivity index (χ0n) is 10.2. The third kappa shape index (κ3) is 2.99. The molecule has 1 N–H and O–H groups in total. The second kappa shape index (κ2) is 5.36. The first-order chi connectivity index (χ1) is 8.58. The van der Waals surface area contributed by atoms with Crippen molar-refractivity contribution >= 4 is 34.1 Å². The number of anilines is 2. The highest BCUT2D eigenvalue weighted by Gasteiger charge is 2.03. The molecule has 0 radical (unpaired) electrons. The second-order valence-corrected chi connectivity index (χ2v) is 5.32. The first-order valence-electron chi connectivity index (χ1n) is 5.50. The van der Waals surface area contributed by atoms with Crippen molar-refractivity contribution in [2.24, 2.45) is 0 Å². The smallest absolute Gasteiger partial charge is 0.131 e. The van der Waals surface area contributed by atoms with Gasteiger partial charge in [-0.2, -0.15) is 5.26 Å². The zero-order chi connectivity index (χ0) is 13.1. The Morgan fingerprint density at radius 1 is 1.22 bits per heavy atom. The molecule has 0 saturated heterocycles. The van der Waals surface area contributed by atoms with Crippen molar-refractivity contribution < 1.29 is 0 Å². The molecule has 0 aliphatic rings. The van der Waals surface area contributed by atoms with Crippen LogP contribution >= 0.6 is 22.6 Å². The highest BCUT2D eigenvalue weighted by molar-refractivity contribution is 14.1. The number of nitrogens with one attached hydrogen (secondary N) is 1. The molecule has 0 aliphatic carbocycles. The molecule has 3 nitrogen and oxygen atoms in total. The summed E-state index contributed by atoms with van der Waals surface area (Å²) in [6.07, 6.45) is 0. The average Bonchev–Trinajstić information content (AvgIpc) is 2.33. The Bertz CT molecular complexity index is 629. The zero-order valence-corrected chi connectivity index (χ0v) is 12.3. The molecule has 0 atom stereocenters. The summed E-state index contributed by atoms with van der Waals surface area (Å²) in [5.74, 6) is 0.705. The minimum atomic E-state index is 0.619. The quantitative estimate of drug-likeness (QED) is 0.836. The summed E-state index contributed by atoms with van der Waals surface area (Å²) in [6.45, 7) is 3.92. The lowest BCUT2D eigenvalue weighted by Crippen LogP contribution is -1.98. The molecule has 1 aromatic heterocycles. The van der Waals surface area contributed by atoms with Crippen molar-refractivity contribution in [3.8, 4) is 6.07 Å². The summed E-state index contributed by atoms with van der Waals surface area (Å²) >= 11 is 2.27. The molecule has 1 heterocycles. The van der Waals surface area contributed by atoms with Gasteiger partial charge in [-0.25, -0.2) is 4.98 Å². The fourth-order valence-electron chi connectivity index (χ4n) is 1.66. The Labute approximate surface area is 120 Å². The average molecular weight is 349 g/mol. The Balaban J connectivity index is 2.37. The van der Waals surface area contributed by atoms with Gasteiger partial charge in [0.05, 0.1) is 11.6 Å². The fourth-order valence-corrected chi connectivity index (χ4v) is 2.16. The van der Waals surface area contributed by atoms with Crippen LogP contribution in [0.4, 0.5) is 11.5 Å². The van der Waals surface area contributed by atoms with Crippen LogP contribution in [-0.2, 0) is 0 Å². The van der Waals surface area contributed by atoms with Crippen molar-refractivity contribution in [1.82, 2.24) is 4.98 Å². The van der Waals surface area contributed by atoms with Gasteiger partial charge in [0.25, 0.3) is 0 Å². The normalized spacial score (nSPS) is 9.89. The van der Waals surface area contributed by atoms with Gasteiger partial charge in [-0.1, -0.05) is 6.07 Å². The number of aryl methyl sites for hydroxylation is 2.